The van der Waals surface area contributed by atoms with E-state index in [9.17, 15) is 19.5 Å². The molecule has 0 saturated heterocycles. The molecule has 1 aliphatic rings. The molecule has 0 bridgehead atoms. The fourth-order valence-electron chi connectivity index (χ4n) is 3.80. The second-order valence-corrected chi connectivity index (χ2v) is 6.98. The van der Waals surface area contributed by atoms with E-state index in [1.807, 2.05) is 24.3 Å². The van der Waals surface area contributed by atoms with E-state index in [1.165, 1.54) is 4.68 Å². The number of aromatic nitrogens is 2. The number of rotatable bonds is 4. The Morgan fingerprint density at radius 3 is 2.21 bits per heavy atom. The molecule has 0 saturated carbocycles. The topological polar surface area (TPSA) is 101 Å². The maximum atomic E-state index is 13.1. The summed E-state index contributed by atoms with van der Waals surface area (Å²) < 4.78 is 1.22. The third kappa shape index (κ3) is 2.76. The number of nitrogens with one attached hydrogen (secondary N) is 1. The maximum Gasteiger partial charge on any atom is 0.330 e. The number of carbonyl (C=O) groups is 2. The SMILES string of the molecule is CCn1nc(C(=O)NC2(C(=O)O)Cc3ccccc3C2)c2ccccc2c1=O. The maximum absolute atomic E-state index is 13.1. The van der Waals surface area contributed by atoms with Gasteiger partial charge in [-0.05, 0) is 24.1 Å². The number of carbonyl (C=O) groups excluding carboxylic acids is 1. The van der Waals surface area contributed by atoms with Crippen LogP contribution < -0.4 is 10.9 Å². The Bertz CT molecular complexity index is 1140. The molecule has 2 N–H and O–H groups in total. The van der Waals surface area contributed by atoms with Gasteiger partial charge in [-0.15, -0.1) is 0 Å². The van der Waals surface area contributed by atoms with Gasteiger partial charge in [0.15, 0.2) is 5.69 Å². The van der Waals surface area contributed by atoms with Gasteiger partial charge in [0.2, 0.25) is 0 Å². The first kappa shape index (κ1) is 17.9. The van der Waals surface area contributed by atoms with Gasteiger partial charge >= 0.3 is 5.97 Å². The first-order valence-electron chi connectivity index (χ1n) is 9.08. The van der Waals surface area contributed by atoms with E-state index in [0.29, 0.717) is 17.3 Å². The van der Waals surface area contributed by atoms with Gasteiger partial charge in [-0.25, -0.2) is 9.48 Å². The average Bonchev–Trinajstić information content (AvgIpc) is 3.08. The van der Waals surface area contributed by atoms with E-state index in [0.717, 1.165) is 11.1 Å². The zero-order chi connectivity index (χ0) is 19.9. The molecule has 7 nitrogen and oxygen atoms in total. The summed E-state index contributed by atoms with van der Waals surface area (Å²) in [4.78, 5) is 37.7. The summed E-state index contributed by atoms with van der Waals surface area (Å²) in [6.07, 6.45) is 0.408. The van der Waals surface area contributed by atoms with E-state index in [4.69, 9.17) is 0 Å². The quantitative estimate of drug-likeness (QED) is 0.722. The third-order valence-electron chi connectivity index (χ3n) is 5.25. The number of hydrogen-bond acceptors (Lipinski definition) is 4. The normalized spacial score (nSPS) is 14.6. The van der Waals surface area contributed by atoms with Crippen molar-refractivity contribution in [1.29, 1.82) is 0 Å². The number of amides is 1. The largest absolute Gasteiger partial charge is 0.479 e. The molecule has 0 radical (unpaired) electrons. The van der Waals surface area contributed by atoms with Crippen LogP contribution in [-0.2, 0) is 24.2 Å². The van der Waals surface area contributed by atoms with Crippen LogP contribution in [0.2, 0.25) is 0 Å². The Kier molecular flexibility index (Phi) is 4.22. The molecule has 4 rings (SSSR count). The predicted octanol–water partition coefficient (Wildman–Crippen LogP) is 1.77. The molecule has 0 atom stereocenters. The van der Waals surface area contributed by atoms with Gasteiger partial charge in [0, 0.05) is 24.8 Å². The molecule has 1 aromatic heterocycles. The molecular formula is C21H19N3O4. The van der Waals surface area contributed by atoms with Crippen LogP contribution in [0, 0.1) is 0 Å². The number of fused-ring (bicyclic) bond motifs is 2. The molecule has 28 heavy (non-hydrogen) atoms. The van der Waals surface area contributed by atoms with Gasteiger partial charge in [-0.3, -0.25) is 9.59 Å². The lowest BCUT2D eigenvalue weighted by Crippen LogP contribution is -2.55. The molecule has 0 unspecified atom stereocenters. The Balaban J connectivity index is 1.77. The highest BCUT2D eigenvalue weighted by Gasteiger charge is 2.45. The molecule has 0 spiro atoms. The first-order chi connectivity index (χ1) is 13.4. The van der Waals surface area contributed by atoms with E-state index in [2.05, 4.69) is 10.4 Å². The van der Waals surface area contributed by atoms with Gasteiger partial charge < -0.3 is 10.4 Å². The molecule has 0 fully saturated rings. The highest BCUT2D eigenvalue weighted by molar-refractivity contribution is 6.06. The van der Waals surface area contributed by atoms with Crippen LogP contribution in [0.1, 0.15) is 28.5 Å². The number of aliphatic carboxylic acids is 1. The summed E-state index contributed by atoms with van der Waals surface area (Å²) in [5.74, 6) is -1.70. The van der Waals surface area contributed by atoms with Crippen LogP contribution in [0.5, 0.6) is 0 Å². The molecule has 142 valence electrons. The summed E-state index contributed by atoms with van der Waals surface area (Å²) in [5, 5.41) is 17.6. The molecule has 1 aliphatic carbocycles. The second-order valence-electron chi connectivity index (χ2n) is 6.98. The highest BCUT2D eigenvalue weighted by atomic mass is 16.4. The van der Waals surface area contributed by atoms with Crippen molar-refractivity contribution in [2.75, 3.05) is 0 Å². The van der Waals surface area contributed by atoms with Crippen LogP contribution in [0.15, 0.2) is 53.3 Å². The minimum Gasteiger partial charge on any atom is -0.479 e. The van der Waals surface area contributed by atoms with Crippen LogP contribution in [0.25, 0.3) is 10.8 Å². The fourth-order valence-corrected chi connectivity index (χ4v) is 3.80. The summed E-state index contributed by atoms with van der Waals surface area (Å²) in [6.45, 7) is 2.07. The monoisotopic (exact) mass is 377 g/mol. The van der Waals surface area contributed by atoms with Gasteiger partial charge in [0.25, 0.3) is 11.5 Å². The van der Waals surface area contributed by atoms with Crippen molar-refractivity contribution in [3.05, 3.63) is 75.7 Å². The lowest BCUT2D eigenvalue weighted by Gasteiger charge is -2.25. The fraction of sp³-hybridized carbons (Fsp3) is 0.238. The van der Waals surface area contributed by atoms with Crippen molar-refractivity contribution in [3.63, 3.8) is 0 Å². The molecule has 1 amide bonds. The van der Waals surface area contributed by atoms with Crippen LogP contribution in [-0.4, -0.2) is 32.3 Å². The molecule has 2 aromatic carbocycles. The summed E-state index contributed by atoms with van der Waals surface area (Å²) in [7, 11) is 0. The van der Waals surface area contributed by atoms with E-state index in [1.54, 1.807) is 31.2 Å². The lowest BCUT2D eigenvalue weighted by molar-refractivity contribution is -0.144. The van der Waals surface area contributed by atoms with Gasteiger partial charge in [-0.2, -0.15) is 5.10 Å². The lowest BCUT2D eigenvalue weighted by atomic mass is 9.95. The smallest absolute Gasteiger partial charge is 0.330 e. The van der Waals surface area contributed by atoms with Crippen molar-refractivity contribution >= 4 is 22.6 Å². The minimum atomic E-state index is -1.43. The van der Waals surface area contributed by atoms with Crippen molar-refractivity contribution in [1.82, 2.24) is 15.1 Å². The Labute approximate surface area is 160 Å². The zero-order valence-electron chi connectivity index (χ0n) is 15.3. The number of carboxylic acid groups (broad SMARTS) is 1. The van der Waals surface area contributed by atoms with Crippen LogP contribution >= 0.6 is 0 Å². The number of benzene rings is 2. The Hall–Kier alpha value is -3.48. The minimum absolute atomic E-state index is 0.0497. The van der Waals surface area contributed by atoms with Crippen LogP contribution in [0.3, 0.4) is 0 Å². The average molecular weight is 377 g/mol. The van der Waals surface area contributed by atoms with Crippen molar-refractivity contribution in [2.45, 2.75) is 31.8 Å². The molecule has 7 heteroatoms. The number of aryl methyl sites for hydroxylation is 1. The van der Waals surface area contributed by atoms with E-state index < -0.39 is 17.4 Å². The molecule has 3 aromatic rings. The second kappa shape index (κ2) is 6.60. The van der Waals surface area contributed by atoms with Crippen molar-refractivity contribution in [3.8, 4) is 0 Å². The summed E-state index contributed by atoms with van der Waals surface area (Å²) in [6, 6.07) is 14.2. The Morgan fingerprint density at radius 1 is 1.07 bits per heavy atom. The van der Waals surface area contributed by atoms with Gasteiger partial charge in [0.1, 0.15) is 5.54 Å². The number of carboxylic acids is 1. The number of nitrogens with zero attached hydrogens (tertiary/aromatic N) is 2. The first-order valence-corrected chi connectivity index (χ1v) is 9.08. The van der Waals surface area contributed by atoms with E-state index >= 15 is 0 Å². The van der Waals surface area contributed by atoms with Crippen molar-refractivity contribution < 1.29 is 14.7 Å². The third-order valence-corrected chi connectivity index (χ3v) is 5.25. The highest BCUT2D eigenvalue weighted by Crippen LogP contribution is 2.31. The van der Waals surface area contributed by atoms with Gasteiger partial charge in [-0.1, -0.05) is 42.5 Å². The number of hydrogen-bond donors (Lipinski definition) is 2. The molecule has 1 heterocycles. The van der Waals surface area contributed by atoms with Gasteiger partial charge in [0.05, 0.1) is 5.39 Å². The molecular weight excluding hydrogens is 358 g/mol. The summed E-state index contributed by atoms with van der Waals surface area (Å²) in [5.41, 5.74) is 0.143. The zero-order valence-corrected chi connectivity index (χ0v) is 15.3. The van der Waals surface area contributed by atoms with Crippen molar-refractivity contribution in [2.24, 2.45) is 0 Å². The predicted molar refractivity (Wildman–Crippen MR) is 103 cm³/mol. The van der Waals surface area contributed by atoms with E-state index in [-0.39, 0.29) is 24.1 Å². The van der Waals surface area contributed by atoms with Crippen LogP contribution in [0.4, 0.5) is 0 Å². The Morgan fingerprint density at radius 2 is 1.64 bits per heavy atom. The standard InChI is InChI=1S/C21H19N3O4/c1-2-24-19(26)16-10-6-5-9-15(16)17(23-24)18(25)22-21(20(27)28)11-13-7-3-4-8-14(13)12-21/h3-10H,2,11-12H2,1H3,(H,22,25)(H,27,28). The summed E-state index contributed by atoms with van der Waals surface area (Å²) >= 11 is 0. The molecule has 0 aliphatic heterocycles.